The van der Waals surface area contributed by atoms with Crippen LogP contribution in [0.25, 0.3) is 0 Å². The fourth-order valence-corrected chi connectivity index (χ4v) is 2.94. The van der Waals surface area contributed by atoms with Crippen molar-refractivity contribution in [1.82, 2.24) is 10.2 Å². The molecule has 0 radical (unpaired) electrons. The van der Waals surface area contributed by atoms with Gasteiger partial charge in [-0.25, -0.2) is 0 Å². The summed E-state index contributed by atoms with van der Waals surface area (Å²) >= 11 is 6.29. The van der Waals surface area contributed by atoms with E-state index in [1.54, 1.807) is 0 Å². The first-order valence-electron chi connectivity index (χ1n) is 8.26. The van der Waals surface area contributed by atoms with Crippen molar-refractivity contribution < 1.29 is 9.53 Å². The van der Waals surface area contributed by atoms with Crippen LogP contribution >= 0.6 is 11.6 Å². The molecule has 2 aromatic rings. The molecular formula is C20H25ClN2O2. The minimum Gasteiger partial charge on any atom is -0.484 e. The largest absolute Gasteiger partial charge is 0.484 e. The van der Waals surface area contributed by atoms with Crippen molar-refractivity contribution in [3.8, 4) is 5.75 Å². The molecule has 1 unspecified atom stereocenters. The van der Waals surface area contributed by atoms with E-state index >= 15 is 0 Å². The zero-order chi connectivity index (χ0) is 18.4. The van der Waals surface area contributed by atoms with Gasteiger partial charge < -0.3 is 15.0 Å². The topological polar surface area (TPSA) is 41.6 Å². The van der Waals surface area contributed by atoms with E-state index in [9.17, 15) is 4.79 Å². The maximum Gasteiger partial charge on any atom is 0.258 e. The van der Waals surface area contributed by atoms with Crippen LogP contribution in [0.5, 0.6) is 5.75 Å². The van der Waals surface area contributed by atoms with Gasteiger partial charge in [-0.1, -0.05) is 47.5 Å². The highest BCUT2D eigenvalue weighted by Crippen LogP contribution is 2.25. The van der Waals surface area contributed by atoms with Gasteiger partial charge in [0.15, 0.2) is 6.61 Å². The maximum atomic E-state index is 12.2. The molecule has 0 heterocycles. The van der Waals surface area contributed by atoms with Crippen molar-refractivity contribution in [2.75, 3.05) is 27.2 Å². The summed E-state index contributed by atoms with van der Waals surface area (Å²) in [6, 6.07) is 13.6. The molecule has 0 bridgehead atoms. The highest BCUT2D eigenvalue weighted by atomic mass is 35.5. The summed E-state index contributed by atoms with van der Waals surface area (Å²) in [6.45, 7) is 4.46. The minimum absolute atomic E-state index is 0.00115. The van der Waals surface area contributed by atoms with E-state index in [0.29, 0.717) is 11.6 Å². The van der Waals surface area contributed by atoms with Gasteiger partial charge in [-0.2, -0.15) is 0 Å². The van der Waals surface area contributed by atoms with Crippen LogP contribution in [0, 0.1) is 13.8 Å². The number of amides is 1. The summed E-state index contributed by atoms with van der Waals surface area (Å²) in [5.41, 5.74) is 3.18. The van der Waals surface area contributed by atoms with Crippen LogP contribution in [0.1, 0.15) is 22.7 Å². The third-order valence-electron chi connectivity index (χ3n) is 4.07. The summed E-state index contributed by atoms with van der Waals surface area (Å²) in [5, 5.41) is 3.62. The molecular weight excluding hydrogens is 336 g/mol. The van der Waals surface area contributed by atoms with Crippen molar-refractivity contribution >= 4 is 17.5 Å². The molecule has 0 aliphatic carbocycles. The molecule has 4 nitrogen and oxygen atoms in total. The summed E-state index contributed by atoms with van der Waals surface area (Å²) in [7, 11) is 3.93. The van der Waals surface area contributed by atoms with Crippen LogP contribution in [0.3, 0.4) is 0 Å². The summed E-state index contributed by atoms with van der Waals surface area (Å²) in [4.78, 5) is 14.2. The quantitative estimate of drug-likeness (QED) is 0.817. The van der Waals surface area contributed by atoms with E-state index in [-0.39, 0.29) is 18.6 Å². The summed E-state index contributed by atoms with van der Waals surface area (Å²) in [5.74, 6) is 0.579. The molecule has 1 atom stereocenters. The number of nitrogens with zero attached hydrogens (tertiary/aromatic N) is 1. The molecule has 0 spiro atoms. The lowest BCUT2D eigenvalue weighted by molar-refractivity contribution is -0.123. The third-order valence-corrected chi connectivity index (χ3v) is 4.41. The third kappa shape index (κ3) is 5.48. The van der Waals surface area contributed by atoms with Gasteiger partial charge in [0.2, 0.25) is 0 Å². The zero-order valence-electron chi connectivity index (χ0n) is 15.2. The molecule has 25 heavy (non-hydrogen) atoms. The Morgan fingerprint density at radius 1 is 1.20 bits per heavy atom. The molecule has 1 amide bonds. The molecule has 2 rings (SSSR count). The summed E-state index contributed by atoms with van der Waals surface area (Å²) < 4.78 is 5.62. The number of nitrogens with one attached hydrogen (secondary N) is 1. The second-order valence-electron chi connectivity index (χ2n) is 6.36. The molecule has 1 N–H and O–H groups in total. The summed E-state index contributed by atoms with van der Waals surface area (Å²) in [6.07, 6.45) is 0. The van der Waals surface area contributed by atoms with Crippen molar-refractivity contribution in [2.45, 2.75) is 19.9 Å². The maximum absolute atomic E-state index is 12.2. The number of carbonyl (C=O) groups is 1. The zero-order valence-corrected chi connectivity index (χ0v) is 15.9. The van der Waals surface area contributed by atoms with Crippen molar-refractivity contribution in [3.05, 3.63) is 64.2 Å². The standard InChI is InChI=1S/C20H25ClN2O2/c1-14-9-10-19(15(2)11-14)25-13-20(24)22-12-18(23(3)4)16-7-5-6-8-17(16)21/h5-11,18H,12-13H2,1-4H3,(H,22,24). The van der Waals surface area contributed by atoms with Crippen LogP contribution in [-0.2, 0) is 4.79 Å². The number of benzene rings is 2. The van der Waals surface area contributed by atoms with Gasteiger partial charge in [0.1, 0.15) is 5.75 Å². The monoisotopic (exact) mass is 360 g/mol. The average Bonchev–Trinajstić information content (AvgIpc) is 2.55. The highest BCUT2D eigenvalue weighted by molar-refractivity contribution is 6.31. The first kappa shape index (κ1) is 19.3. The molecule has 134 valence electrons. The van der Waals surface area contributed by atoms with E-state index in [1.807, 2.05) is 75.3 Å². The minimum atomic E-state index is -0.154. The Balaban J connectivity index is 1.92. The van der Waals surface area contributed by atoms with Crippen LogP contribution in [-0.4, -0.2) is 38.1 Å². The van der Waals surface area contributed by atoms with Gasteiger partial charge >= 0.3 is 0 Å². The molecule has 2 aromatic carbocycles. The number of aryl methyl sites for hydroxylation is 2. The predicted octanol–water partition coefficient (Wildman–Crippen LogP) is 3.75. The van der Waals surface area contributed by atoms with Gasteiger partial charge in [0, 0.05) is 11.6 Å². The van der Waals surface area contributed by atoms with Gasteiger partial charge in [-0.05, 0) is 51.2 Å². The smallest absolute Gasteiger partial charge is 0.258 e. The number of ether oxygens (including phenoxy) is 1. The Kier molecular flexibility index (Phi) is 6.85. The Morgan fingerprint density at radius 2 is 1.92 bits per heavy atom. The Morgan fingerprint density at radius 3 is 2.56 bits per heavy atom. The lowest BCUT2D eigenvalue weighted by atomic mass is 10.1. The second-order valence-corrected chi connectivity index (χ2v) is 6.77. The van der Waals surface area contributed by atoms with Crippen LogP contribution < -0.4 is 10.1 Å². The van der Waals surface area contributed by atoms with E-state index < -0.39 is 0 Å². The van der Waals surface area contributed by atoms with Crippen LogP contribution in [0.4, 0.5) is 0 Å². The van der Waals surface area contributed by atoms with Crippen LogP contribution in [0.2, 0.25) is 5.02 Å². The first-order valence-corrected chi connectivity index (χ1v) is 8.64. The van der Waals surface area contributed by atoms with E-state index in [4.69, 9.17) is 16.3 Å². The number of carbonyl (C=O) groups excluding carboxylic acids is 1. The van der Waals surface area contributed by atoms with E-state index in [0.717, 1.165) is 16.9 Å². The fraction of sp³-hybridized carbons (Fsp3) is 0.350. The molecule has 0 saturated carbocycles. The molecule has 0 fully saturated rings. The molecule has 0 saturated heterocycles. The Bertz CT molecular complexity index is 731. The van der Waals surface area contributed by atoms with Gasteiger partial charge in [-0.3, -0.25) is 4.79 Å². The molecule has 0 aliphatic rings. The van der Waals surface area contributed by atoms with E-state index in [1.165, 1.54) is 5.56 Å². The Labute approximate surface area is 154 Å². The first-order chi connectivity index (χ1) is 11.9. The highest BCUT2D eigenvalue weighted by Gasteiger charge is 2.18. The molecule has 0 aromatic heterocycles. The fourth-order valence-electron chi connectivity index (χ4n) is 2.68. The van der Waals surface area contributed by atoms with Crippen molar-refractivity contribution in [1.29, 1.82) is 0 Å². The number of likely N-dealkylation sites (N-methyl/N-ethyl adjacent to an activating group) is 1. The van der Waals surface area contributed by atoms with Crippen molar-refractivity contribution in [3.63, 3.8) is 0 Å². The molecule has 5 heteroatoms. The van der Waals surface area contributed by atoms with E-state index in [2.05, 4.69) is 5.32 Å². The predicted molar refractivity (Wildman–Crippen MR) is 102 cm³/mol. The van der Waals surface area contributed by atoms with Gasteiger partial charge in [-0.15, -0.1) is 0 Å². The second kappa shape index (κ2) is 8.88. The number of halogens is 1. The average molecular weight is 361 g/mol. The normalized spacial score (nSPS) is 12.1. The number of hydrogen-bond donors (Lipinski definition) is 1. The van der Waals surface area contributed by atoms with Crippen LogP contribution in [0.15, 0.2) is 42.5 Å². The molecule has 0 aliphatic heterocycles. The SMILES string of the molecule is Cc1ccc(OCC(=O)NCC(c2ccccc2Cl)N(C)C)c(C)c1. The van der Waals surface area contributed by atoms with Gasteiger partial charge in [0.25, 0.3) is 5.91 Å². The number of rotatable bonds is 7. The number of hydrogen-bond acceptors (Lipinski definition) is 3. The Hall–Kier alpha value is -2.04. The lowest BCUT2D eigenvalue weighted by Gasteiger charge is -2.26. The van der Waals surface area contributed by atoms with Gasteiger partial charge in [0.05, 0.1) is 6.04 Å². The lowest BCUT2D eigenvalue weighted by Crippen LogP contribution is -2.37. The van der Waals surface area contributed by atoms with Crippen molar-refractivity contribution in [2.24, 2.45) is 0 Å².